The number of aromatic nitrogens is 3. The summed E-state index contributed by atoms with van der Waals surface area (Å²) < 4.78 is 6.29. The first-order valence-electron chi connectivity index (χ1n) is 5.20. The molecule has 0 saturated heterocycles. The zero-order chi connectivity index (χ0) is 12.3. The molecule has 2 aromatic rings. The molecule has 0 spiro atoms. The fourth-order valence-corrected chi connectivity index (χ4v) is 1.67. The number of hydrogen-bond donors (Lipinski definition) is 0. The Balaban J connectivity index is 1.93. The van der Waals surface area contributed by atoms with Crippen molar-refractivity contribution in [1.82, 2.24) is 19.9 Å². The lowest BCUT2D eigenvalue weighted by Gasteiger charge is -2.13. The van der Waals surface area contributed by atoms with E-state index in [-0.39, 0.29) is 0 Å². The third-order valence-corrected chi connectivity index (χ3v) is 2.59. The maximum atomic E-state index is 5.41. The van der Waals surface area contributed by atoms with E-state index >= 15 is 0 Å². The van der Waals surface area contributed by atoms with Gasteiger partial charge in [0.15, 0.2) is 5.89 Å². The van der Waals surface area contributed by atoms with Crippen LogP contribution in [0.4, 0.5) is 0 Å². The quantitative estimate of drug-likeness (QED) is 0.865. The van der Waals surface area contributed by atoms with Crippen molar-refractivity contribution in [2.45, 2.75) is 20.0 Å². The van der Waals surface area contributed by atoms with Crippen molar-refractivity contribution < 1.29 is 4.42 Å². The Hall–Kier alpha value is -1.27. The molecule has 0 aliphatic rings. The van der Waals surface area contributed by atoms with E-state index in [1.165, 1.54) is 0 Å². The van der Waals surface area contributed by atoms with E-state index in [1.54, 1.807) is 18.6 Å². The van der Waals surface area contributed by atoms with Gasteiger partial charge in [-0.3, -0.25) is 4.90 Å². The Morgan fingerprint density at radius 2 is 1.88 bits per heavy atom. The maximum Gasteiger partial charge on any atom is 0.191 e. The SMILES string of the molecule is Cc1ncc(CN(C)Cc2ncc(Br)cn2)o1. The van der Waals surface area contributed by atoms with Gasteiger partial charge < -0.3 is 4.42 Å². The van der Waals surface area contributed by atoms with E-state index < -0.39 is 0 Å². The smallest absolute Gasteiger partial charge is 0.191 e. The lowest BCUT2D eigenvalue weighted by atomic mass is 10.4. The minimum Gasteiger partial charge on any atom is -0.445 e. The molecule has 17 heavy (non-hydrogen) atoms. The molecule has 0 aliphatic carbocycles. The number of oxazole rings is 1. The molecule has 0 amide bonds. The van der Waals surface area contributed by atoms with E-state index in [0.717, 1.165) is 16.1 Å². The highest BCUT2D eigenvalue weighted by atomic mass is 79.9. The largest absolute Gasteiger partial charge is 0.445 e. The number of hydrogen-bond acceptors (Lipinski definition) is 5. The zero-order valence-electron chi connectivity index (χ0n) is 9.72. The summed E-state index contributed by atoms with van der Waals surface area (Å²) in [6.45, 7) is 3.20. The Morgan fingerprint density at radius 1 is 1.18 bits per heavy atom. The number of rotatable bonds is 4. The molecule has 0 atom stereocenters. The van der Waals surface area contributed by atoms with Gasteiger partial charge in [-0.1, -0.05) is 0 Å². The van der Waals surface area contributed by atoms with Gasteiger partial charge in [0.05, 0.1) is 23.8 Å². The van der Waals surface area contributed by atoms with Crippen LogP contribution >= 0.6 is 15.9 Å². The van der Waals surface area contributed by atoms with Crippen LogP contribution in [0.25, 0.3) is 0 Å². The Bertz CT molecular complexity index is 482. The first-order chi connectivity index (χ1) is 8.13. The van der Waals surface area contributed by atoms with Crippen molar-refractivity contribution in [2.75, 3.05) is 7.05 Å². The number of nitrogens with zero attached hydrogens (tertiary/aromatic N) is 4. The maximum absolute atomic E-state index is 5.41. The van der Waals surface area contributed by atoms with Crippen LogP contribution in [0.5, 0.6) is 0 Å². The van der Waals surface area contributed by atoms with E-state index in [0.29, 0.717) is 19.0 Å². The fourth-order valence-electron chi connectivity index (χ4n) is 1.46. The van der Waals surface area contributed by atoms with E-state index in [1.807, 2.05) is 14.0 Å². The second-order valence-electron chi connectivity index (χ2n) is 3.84. The first kappa shape index (κ1) is 12.2. The van der Waals surface area contributed by atoms with Gasteiger partial charge in [0.2, 0.25) is 0 Å². The molecule has 5 nitrogen and oxygen atoms in total. The molecule has 0 N–H and O–H groups in total. The van der Waals surface area contributed by atoms with E-state index in [4.69, 9.17) is 4.42 Å². The van der Waals surface area contributed by atoms with Crippen LogP contribution in [0, 0.1) is 6.92 Å². The molecule has 0 unspecified atom stereocenters. The van der Waals surface area contributed by atoms with Crippen LogP contribution in [0.15, 0.2) is 27.5 Å². The van der Waals surface area contributed by atoms with Gasteiger partial charge in [-0.2, -0.15) is 0 Å². The molecule has 0 radical (unpaired) electrons. The molecule has 0 aliphatic heterocycles. The topological polar surface area (TPSA) is 55.1 Å². The minimum atomic E-state index is 0.674. The Morgan fingerprint density at radius 3 is 2.47 bits per heavy atom. The lowest BCUT2D eigenvalue weighted by Crippen LogP contribution is -2.18. The van der Waals surface area contributed by atoms with Crippen LogP contribution < -0.4 is 0 Å². The molecule has 90 valence electrons. The summed E-state index contributed by atoms with van der Waals surface area (Å²) in [5, 5.41) is 0. The molecular formula is C11H13BrN4O. The van der Waals surface area contributed by atoms with Gasteiger partial charge >= 0.3 is 0 Å². The van der Waals surface area contributed by atoms with Crippen molar-refractivity contribution in [1.29, 1.82) is 0 Å². The normalized spacial score (nSPS) is 11.1. The van der Waals surface area contributed by atoms with Crippen molar-refractivity contribution in [3.63, 3.8) is 0 Å². The fraction of sp³-hybridized carbons (Fsp3) is 0.364. The molecule has 2 aromatic heterocycles. The third kappa shape index (κ3) is 3.61. The van der Waals surface area contributed by atoms with Gasteiger partial charge in [0.1, 0.15) is 11.6 Å². The van der Waals surface area contributed by atoms with Gasteiger partial charge in [0.25, 0.3) is 0 Å². The average Bonchev–Trinajstić information content (AvgIpc) is 2.67. The molecule has 0 aromatic carbocycles. The Labute approximate surface area is 108 Å². The lowest BCUT2D eigenvalue weighted by molar-refractivity contribution is 0.278. The highest BCUT2D eigenvalue weighted by Gasteiger charge is 2.07. The van der Waals surface area contributed by atoms with Crippen molar-refractivity contribution in [2.24, 2.45) is 0 Å². The molecule has 0 saturated carbocycles. The minimum absolute atomic E-state index is 0.674. The van der Waals surface area contributed by atoms with Crippen LogP contribution in [-0.4, -0.2) is 26.9 Å². The Kier molecular flexibility index (Phi) is 3.86. The van der Waals surface area contributed by atoms with Crippen LogP contribution in [0.2, 0.25) is 0 Å². The van der Waals surface area contributed by atoms with Gasteiger partial charge in [-0.15, -0.1) is 0 Å². The molecule has 2 heterocycles. The molecule has 0 bridgehead atoms. The van der Waals surface area contributed by atoms with Crippen molar-refractivity contribution >= 4 is 15.9 Å². The summed E-state index contributed by atoms with van der Waals surface area (Å²) >= 11 is 3.31. The van der Waals surface area contributed by atoms with Crippen LogP contribution in [0.3, 0.4) is 0 Å². The summed E-state index contributed by atoms with van der Waals surface area (Å²) in [7, 11) is 1.99. The third-order valence-electron chi connectivity index (χ3n) is 2.18. The molecule has 2 rings (SSSR count). The predicted octanol–water partition coefficient (Wildman–Crippen LogP) is 2.17. The number of halogens is 1. The second-order valence-corrected chi connectivity index (χ2v) is 4.75. The average molecular weight is 297 g/mol. The van der Waals surface area contributed by atoms with E-state index in [9.17, 15) is 0 Å². The van der Waals surface area contributed by atoms with Crippen LogP contribution in [0.1, 0.15) is 17.5 Å². The van der Waals surface area contributed by atoms with Crippen LogP contribution in [-0.2, 0) is 13.1 Å². The summed E-state index contributed by atoms with van der Waals surface area (Å²) in [5.41, 5.74) is 0. The first-order valence-corrected chi connectivity index (χ1v) is 5.99. The molecule has 0 fully saturated rings. The summed E-state index contributed by atoms with van der Waals surface area (Å²) in [6, 6.07) is 0. The summed E-state index contributed by atoms with van der Waals surface area (Å²) in [4.78, 5) is 14.6. The molecular weight excluding hydrogens is 284 g/mol. The van der Waals surface area contributed by atoms with E-state index in [2.05, 4.69) is 35.8 Å². The zero-order valence-corrected chi connectivity index (χ0v) is 11.3. The monoisotopic (exact) mass is 296 g/mol. The van der Waals surface area contributed by atoms with Gasteiger partial charge in [-0.05, 0) is 23.0 Å². The summed E-state index contributed by atoms with van der Waals surface area (Å²) in [6.07, 6.45) is 5.23. The number of aryl methyl sites for hydroxylation is 1. The van der Waals surface area contributed by atoms with Crippen molar-refractivity contribution in [3.05, 3.63) is 40.5 Å². The second kappa shape index (κ2) is 5.37. The summed E-state index contributed by atoms with van der Waals surface area (Å²) in [5.74, 6) is 2.32. The highest BCUT2D eigenvalue weighted by Crippen LogP contribution is 2.08. The van der Waals surface area contributed by atoms with Gasteiger partial charge in [-0.25, -0.2) is 15.0 Å². The van der Waals surface area contributed by atoms with Crippen molar-refractivity contribution in [3.8, 4) is 0 Å². The molecule has 6 heteroatoms. The predicted molar refractivity (Wildman–Crippen MR) is 66.1 cm³/mol. The highest BCUT2D eigenvalue weighted by molar-refractivity contribution is 9.10. The van der Waals surface area contributed by atoms with Gasteiger partial charge in [0, 0.05) is 19.3 Å². The standard InChI is InChI=1S/C11H13BrN4O/c1-8-13-5-10(17-8)6-16(2)7-11-14-3-9(12)4-15-11/h3-5H,6-7H2,1-2H3.